The summed E-state index contributed by atoms with van der Waals surface area (Å²) in [4.78, 5) is 2.33. The molecule has 2 unspecified atom stereocenters. The lowest BCUT2D eigenvalue weighted by Gasteiger charge is -2.32. The standard InChI is InChI=1S/C16H26N2O2/c1-12-5-6-16(19-4)15(9-12)13(2)18(3)11-14-10-17-7-8-20-14/h5-6,9,13-14,17H,7-8,10-11H2,1-4H3. The Morgan fingerprint density at radius 2 is 2.30 bits per heavy atom. The van der Waals surface area contributed by atoms with Crippen molar-refractivity contribution in [3.8, 4) is 5.75 Å². The predicted octanol–water partition coefficient (Wildman–Crippen LogP) is 1.98. The van der Waals surface area contributed by atoms with Crippen LogP contribution in [0.3, 0.4) is 0 Å². The molecule has 1 heterocycles. The average molecular weight is 278 g/mol. The number of aryl methyl sites for hydroxylation is 1. The molecule has 20 heavy (non-hydrogen) atoms. The molecule has 1 aromatic carbocycles. The molecule has 0 bridgehead atoms. The summed E-state index contributed by atoms with van der Waals surface area (Å²) in [6.07, 6.45) is 0.270. The molecule has 1 fully saturated rings. The summed E-state index contributed by atoms with van der Waals surface area (Å²) in [5.41, 5.74) is 2.50. The SMILES string of the molecule is COc1ccc(C)cc1C(C)N(C)CC1CNCCO1. The fourth-order valence-electron chi connectivity index (χ4n) is 2.63. The predicted molar refractivity (Wildman–Crippen MR) is 81.4 cm³/mol. The van der Waals surface area contributed by atoms with Gasteiger partial charge < -0.3 is 14.8 Å². The van der Waals surface area contributed by atoms with Crippen LogP contribution in [0, 0.1) is 6.92 Å². The second-order valence-corrected chi connectivity index (χ2v) is 5.56. The topological polar surface area (TPSA) is 33.7 Å². The Balaban J connectivity index is 2.05. The molecule has 0 aromatic heterocycles. The number of nitrogens with one attached hydrogen (secondary N) is 1. The van der Waals surface area contributed by atoms with E-state index in [9.17, 15) is 0 Å². The molecule has 1 aromatic rings. The summed E-state index contributed by atoms with van der Waals surface area (Å²) < 4.78 is 11.3. The lowest BCUT2D eigenvalue weighted by Crippen LogP contribution is -2.44. The fraction of sp³-hybridized carbons (Fsp3) is 0.625. The normalized spacial score (nSPS) is 20.9. The highest BCUT2D eigenvalue weighted by Crippen LogP contribution is 2.29. The Kier molecular flexibility index (Phi) is 5.40. The minimum atomic E-state index is 0.270. The number of likely N-dealkylation sites (N-methyl/N-ethyl adjacent to an activating group) is 1. The number of methoxy groups -OCH3 is 1. The second kappa shape index (κ2) is 7.07. The first kappa shape index (κ1) is 15.3. The van der Waals surface area contributed by atoms with Gasteiger partial charge in [-0.1, -0.05) is 17.7 Å². The van der Waals surface area contributed by atoms with Crippen molar-refractivity contribution in [2.45, 2.75) is 26.0 Å². The smallest absolute Gasteiger partial charge is 0.123 e. The second-order valence-electron chi connectivity index (χ2n) is 5.56. The molecule has 1 aliphatic rings. The van der Waals surface area contributed by atoms with Gasteiger partial charge in [0.2, 0.25) is 0 Å². The van der Waals surface area contributed by atoms with E-state index in [2.05, 4.69) is 43.2 Å². The Hall–Kier alpha value is -1.10. The van der Waals surface area contributed by atoms with Gasteiger partial charge in [-0.3, -0.25) is 4.90 Å². The van der Waals surface area contributed by atoms with Gasteiger partial charge in [-0.2, -0.15) is 0 Å². The minimum Gasteiger partial charge on any atom is -0.496 e. The lowest BCUT2D eigenvalue weighted by molar-refractivity contribution is 0.00378. The lowest BCUT2D eigenvalue weighted by atomic mass is 10.0. The summed E-state index contributed by atoms with van der Waals surface area (Å²) in [5, 5.41) is 3.37. The van der Waals surface area contributed by atoms with E-state index in [-0.39, 0.29) is 6.10 Å². The Bertz CT molecular complexity index is 430. The first-order valence-corrected chi connectivity index (χ1v) is 7.29. The van der Waals surface area contributed by atoms with E-state index in [1.165, 1.54) is 11.1 Å². The van der Waals surface area contributed by atoms with Crippen molar-refractivity contribution in [1.82, 2.24) is 10.2 Å². The summed E-state index contributed by atoms with van der Waals surface area (Å²) >= 11 is 0. The number of hydrogen-bond donors (Lipinski definition) is 1. The van der Waals surface area contributed by atoms with Gasteiger partial charge in [0.05, 0.1) is 19.8 Å². The Morgan fingerprint density at radius 1 is 1.50 bits per heavy atom. The molecule has 4 nitrogen and oxygen atoms in total. The maximum Gasteiger partial charge on any atom is 0.123 e. The quantitative estimate of drug-likeness (QED) is 0.893. The van der Waals surface area contributed by atoms with E-state index < -0.39 is 0 Å². The molecular weight excluding hydrogens is 252 g/mol. The number of hydrogen-bond acceptors (Lipinski definition) is 4. The number of nitrogens with zero attached hydrogens (tertiary/aromatic N) is 1. The van der Waals surface area contributed by atoms with Crippen LogP contribution in [0.4, 0.5) is 0 Å². The van der Waals surface area contributed by atoms with Gasteiger partial charge in [0.15, 0.2) is 0 Å². The third-order valence-corrected chi connectivity index (χ3v) is 3.99. The molecule has 2 rings (SSSR count). The van der Waals surface area contributed by atoms with Gasteiger partial charge in [0.1, 0.15) is 5.75 Å². The van der Waals surface area contributed by atoms with Crippen molar-refractivity contribution < 1.29 is 9.47 Å². The monoisotopic (exact) mass is 278 g/mol. The van der Waals surface area contributed by atoms with Crippen LogP contribution in [-0.2, 0) is 4.74 Å². The highest BCUT2D eigenvalue weighted by Gasteiger charge is 2.21. The molecule has 0 aliphatic carbocycles. The van der Waals surface area contributed by atoms with Crippen LogP contribution >= 0.6 is 0 Å². The molecule has 1 saturated heterocycles. The van der Waals surface area contributed by atoms with Gasteiger partial charge in [-0.05, 0) is 27.0 Å². The van der Waals surface area contributed by atoms with E-state index in [0.717, 1.165) is 32.0 Å². The molecule has 112 valence electrons. The van der Waals surface area contributed by atoms with Crippen LogP contribution in [0.1, 0.15) is 24.1 Å². The van der Waals surface area contributed by atoms with E-state index in [0.29, 0.717) is 6.04 Å². The van der Waals surface area contributed by atoms with Gasteiger partial charge in [-0.15, -0.1) is 0 Å². The Labute approximate surface area is 122 Å². The van der Waals surface area contributed by atoms with Crippen LogP contribution < -0.4 is 10.1 Å². The van der Waals surface area contributed by atoms with Crippen LogP contribution in [0.5, 0.6) is 5.75 Å². The van der Waals surface area contributed by atoms with Crippen molar-refractivity contribution in [2.75, 3.05) is 40.4 Å². The van der Waals surface area contributed by atoms with E-state index in [1.54, 1.807) is 7.11 Å². The molecule has 0 radical (unpaired) electrons. The zero-order chi connectivity index (χ0) is 14.5. The average Bonchev–Trinajstić information content (AvgIpc) is 2.47. The molecule has 1 N–H and O–H groups in total. The molecular formula is C16H26N2O2. The van der Waals surface area contributed by atoms with Crippen LogP contribution in [0.25, 0.3) is 0 Å². The molecule has 0 saturated carbocycles. The summed E-state index contributed by atoms with van der Waals surface area (Å²) in [5.74, 6) is 0.956. The number of morpholine rings is 1. The van der Waals surface area contributed by atoms with Crippen LogP contribution in [0.15, 0.2) is 18.2 Å². The van der Waals surface area contributed by atoms with Gasteiger partial charge in [0.25, 0.3) is 0 Å². The maximum atomic E-state index is 5.78. The third-order valence-electron chi connectivity index (χ3n) is 3.99. The van der Waals surface area contributed by atoms with Crippen molar-refractivity contribution in [3.63, 3.8) is 0 Å². The fourth-order valence-corrected chi connectivity index (χ4v) is 2.63. The number of benzene rings is 1. The number of ether oxygens (including phenoxy) is 2. The van der Waals surface area contributed by atoms with Gasteiger partial charge in [0, 0.05) is 31.2 Å². The molecule has 0 spiro atoms. The first-order valence-electron chi connectivity index (χ1n) is 7.29. The molecule has 2 atom stereocenters. The maximum absolute atomic E-state index is 5.78. The summed E-state index contributed by atoms with van der Waals surface area (Å²) in [6.45, 7) is 7.95. The first-order chi connectivity index (χ1) is 9.61. The van der Waals surface area contributed by atoms with Crippen molar-refractivity contribution in [1.29, 1.82) is 0 Å². The van der Waals surface area contributed by atoms with E-state index in [1.807, 2.05) is 6.07 Å². The summed E-state index contributed by atoms with van der Waals surface area (Å²) in [7, 11) is 3.87. The van der Waals surface area contributed by atoms with Gasteiger partial charge >= 0.3 is 0 Å². The van der Waals surface area contributed by atoms with Crippen LogP contribution in [0.2, 0.25) is 0 Å². The van der Waals surface area contributed by atoms with Crippen molar-refractivity contribution in [3.05, 3.63) is 29.3 Å². The number of rotatable bonds is 5. The highest BCUT2D eigenvalue weighted by atomic mass is 16.5. The molecule has 0 amide bonds. The summed E-state index contributed by atoms with van der Waals surface area (Å²) in [6, 6.07) is 6.65. The van der Waals surface area contributed by atoms with Crippen molar-refractivity contribution in [2.24, 2.45) is 0 Å². The molecule has 1 aliphatic heterocycles. The molecule has 4 heteroatoms. The zero-order valence-corrected chi connectivity index (χ0v) is 13.0. The zero-order valence-electron chi connectivity index (χ0n) is 13.0. The van der Waals surface area contributed by atoms with Crippen LogP contribution in [-0.4, -0.2) is 51.4 Å². The van der Waals surface area contributed by atoms with Gasteiger partial charge in [-0.25, -0.2) is 0 Å². The van der Waals surface area contributed by atoms with E-state index >= 15 is 0 Å². The third kappa shape index (κ3) is 3.72. The van der Waals surface area contributed by atoms with Crippen molar-refractivity contribution >= 4 is 0 Å². The largest absolute Gasteiger partial charge is 0.496 e. The minimum absolute atomic E-state index is 0.270. The van der Waals surface area contributed by atoms with E-state index in [4.69, 9.17) is 9.47 Å². The highest BCUT2D eigenvalue weighted by molar-refractivity contribution is 5.38. The Morgan fingerprint density at radius 3 is 2.95 bits per heavy atom.